The molecule has 9 nitrogen and oxygen atoms in total. The number of aryl methyl sites for hydroxylation is 1. The smallest absolute Gasteiger partial charge is 0.318 e. The third-order valence-electron chi connectivity index (χ3n) is 6.16. The lowest BCUT2D eigenvalue weighted by Crippen LogP contribution is -2.55. The Morgan fingerprint density at radius 1 is 0.774 bits per heavy atom. The Bertz CT molecular complexity index is 817. The Hall–Kier alpha value is -2.94. The summed E-state index contributed by atoms with van der Waals surface area (Å²) in [5, 5.41) is 39.3. The van der Waals surface area contributed by atoms with E-state index in [2.05, 4.69) is 0 Å². The van der Waals surface area contributed by atoms with Crippen molar-refractivity contribution >= 4 is 23.9 Å². The lowest BCUT2D eigenvalue weighted by Gasteiger charge is -2.41. The fourth-order valence-electron chi connectivity index (χ4n) is 4.87. The fraction of sp³-hybridized carbons (Fsp3) is 0.545. The first-order chi connectivity index (χ1) is 14.5. The van der Waals surface area contributed by atoms with Crippen LogP contribution in [0.1, 0.15) is 61.9 Å². The van der Waals surface area contributed by atoms with Crippen molar-refractivity contribution in [2.45, 2.75) is 65.3 Å². The van der Waals surface area contributed by atoms with Crippen molar-refractivity contribution in [2.75, 3.05) is 0 Å². The zero-order valence-electron chi connectivity index (χ0n) is 18.3. The molecule has 0 amide bonds. The summed E-state index contributed by atoms with van der Waals surface area (Å²) in [4.78, 5) is 48.5. The molecule has 1 aromatic rings. The molecule has 0 heterocycles. The van der Waals surface area contributed by atoms with Crippen molar-refractivity contribution in [3.05, 3.63) is 33.9 Å². The summed E-state index contributed by atoms with van der Waals surface area (Å²) < 4.78 is 0. The van der Waals surface area contributed by atoms with Crippen LogP contribution in [0.3, 0.4) is 0 Å². The molecule has 31 heavy (non-hydrogen) atoms. The average Bonchev–Trinajstić information content (AvgIpc) is 2.69. The predicted octanol–water partition coefficient (Wildman–Crippen LogP) is 2.05. The van der Waals surface area contributed by atoms with Crippen LogP contribution in [0, 0.1) is 11.8 Å². The number of hydrogen-bond acceptors (Lipinski definition) is 5. The molecule has 6 N–H and O–H groups in total. The van der Waals surface area contributed by atoms with Gasteiger partial charge < -0.3 is 26.2 Å². The van der Waals surface area contributed by atoms with Gasteiger partial charge in [-0.3, -0.25) is 19.2 Å². The molecule has 0 radical (unpaired) electrons. The molecule has 0 saturated carbocycles. The van der Waals surface area contributed by atoms with Crippen LogP contribution >= 0.6 is 0 Å². The van der Waals surface area contributed by atoms with Gasteiger partial charge in [0.05, 0.1) is 0 Å². The molecule has 1 rings (SSSR count). The molecule has 0 fully saturated rings. The maximum absolute atomic E-state index is 12.1. The van der Waals surface area contributed by atoms with E-state index in [4.69, 9.17) is 5.73 Å². The molecule has 0 unspecified atom stereocenters. The van der Waals surface area contributed by atoms with Gasteiger partial charge in [-0.25, -0.2) is 0 Å². The minimum atomic E-state index is -2.28. The van der Waals surface area contributed by atoms with E-state index in [0.29, 0.717) is 30.4 Å². The highest BCUT2D eigenvalue weighted by Crippen LogP contribution is 2.47. The monoisotopic (exact) mass is 437 g/mol. The zero-order valence-corrected chi connectivity index (χ0v) is 18.3. The van der Waals surface area contributed by atoms with Gasteiger partial charge in [0, 0.05) is 12.0 Å². The molecule has 0 aliphatic heterocycles. The van der Waals surface area contributed by atoms with E-state index in [9.17, 15) is 39.6 Å². The normalized spacial score (nSPS) is 11.7. The Kier molecular flexibility index (Phi) is 8.74. The molecule has 9 heteroatoms. The van der Waals surface area contributed by atoms with Gasteiger partial charge in [-0.05, 0) is 53.5 Å². The van der Waals surface area contributed by atoms with Gasteiger partial charge in [0.1, 0.15) is 0 Å². The molecule has 172 valence electrons. The lowest BCUT2D eigenvalue weighted by atomic mass is 9.58. The SMILES string of the molecule is CCc1cc(C(CC)(C(C(=O)O)C(=O)O)C(C(=O)O)C(=O)O)c(CC)c(CC)c1CN. The Morgan fingerprint density at radius 3 is 1.45 bits per heavy atom. The fourth-order valence-corrected chi connectivity index (χ4v) is 4.87. The number of carbonyl (C=O) groups is 4. The van der Waals surface area contributed by atoms with E-state index >= 15 is 0 Å². The van der Waals surface area contributed by atoms with Crippen molar-refractivity contribution in [3.63, 3.8) is 0 Å². The maximum atomic E-state index is 12.1. The van der Waals surface area contributed by atoms with Crippen LogP contribution in [-0.2, 0) is 50.4 Å². The topological polar surface area (TPSA) is 175 Å². The number of nitrogens with two attached hydrogens (primary N) is 1. The minimum Gasteiger partial charge on any atom is -0.481 e. The maximum Gasteiger partial charge on any atom is 0.318 e. The van der Waals surface area contributed by atoms with Crippen LogP contribution in [0.4, 0.5) is 0 Å². The number of aliphatic carboxylic acids is 4. The van der Waals surface area contributed by atoms with Gasteiger partial charge in [-0.15, -0.1) is 0 Å². The molecule has 1 aromatic carbocycles. The van der Waals surface area contributed by atoms with Crippen LogP contribution < -0.4 is 5.73 Å². The van der Waals surface area contributed by atoms with Gasteiger partial charge in [0.25, 0.3) is 0 Å². The van der Waals surface area contributed by atoms with Crippen molar-refractivity contribution in [1.29, 1.82) is 0 Å². The second-order valence-corrected chi connectivity index (χ2v) is 7.40. The molecule has 0 aliphatic rings. The van der Waals surface area contributed by atoms with Crippen molar-refractivity contribution in [1.82, 2.24) is 0 Å². The molecule has 0 bridgehead atoms. The average molecular weight is 437 g/mol. The Balaban J connectivity index is 4.38. The molecule has 0 aromatic heterocycles. The largest absolute Gasteiger partial charge is 0.481 e. The zero-order chi connectivity index (χ0) is 24.1. The van der Waals surface area contributed by atoms with E-state index in [0.717, 1.165) is 11.1 Å². The van der Waals surface area contributed by atoms with Crippen molar-refractivity contribution in [2.24, 2.45) is 17.6 Å². The first-order valence-corrected chi connectivity index (χ1v) is 10.3. The summed E-state index contributed by atoms with van der Waals surface area (Å²) in [5.41, 5.74) is 6.77. The van der Waals surface area contributed by atoms with Gasteiger partial charge in [-0.1, -0.05) is 33.8 Å². The summed E-state index contributed by atoms with van der Waals surface area (Å²) in [6, 6.07) is 1.57. The second kappa shape index (κ2) is 10.4. The van der Waals surface area contributed by atoms with Gasteiger partial charge in [-0.2, -0.15) is 0 Å². The van der Waals surface area contributed by atoms with Crippen LogP contribution in [0.15, 0.2) is 6.07 Å². The highest BCUT2D eigenvalue weighted by molar-refractivity contribution is 6.01. The van der Waals surface area contributed by atoms with E-state index < -0.39 is 41.1 Å². The summed E-state index contributed by atoms with van der Waals surface area (Å²) in [5.74, 6) is -11.7. The van der Waals surface area contributed by atoms with Crippen LogP contribution in [-0.4, -0.2) is 44.3 Å². The number of benzene rings is 1. The Labute approximate surface area is 180 Å². The van der Waals surface area contributed by atoms with Crippen molar-refractivity contribution < 1.29 is 39.6 Å². The van der Waals surface area contributed by atoms with E-state index in [1.54, 1.807) is 13.0 Å². The Morgan fingerprint density at radius 2 is 1.19 bits per heavy atom. The third-order valence-corrected chi connectivity index (χ3v) is 6.16. The number of carboxylic acids is 4. The van der Waals surface area contributed by atoms with Crippen LogP contribution in [0.25, 0.3) is 0 Å². The summed E-state index contributed by atoms with van der Waals surface area (Å²) in [6.45, 7) is 7.10. The predicted molar refractivity (Wildman–Crippen MR) is 112 cm³/mol. The molecule has 0 aliphatic carbocycles. The number of hydrogen-bond donors (Lipinski definition) is 5. The minimum absolute atomic E-state index is 0.146. The first-order valence-electron chi connectivity index (χ1n) is 10.3. The van der Waals surface area contributed by atoms with E-state index in [-0.39, 0.29) is 18.5 Å². The third kappa shape index (κ3) is 4.41. The quantitative estimate of drug-likeness (QED) is 0.306. The second-order valence-electron chi connectivity index (χ2n) is 7.40. The lowest BCUT2D eigenvalue weighted by molar-refractivity contribution is -0.167. The number of carboxylic acid groups (broad SMARTS) is 4. The van der Waals surface area contributed by atoms with Crippen LogP contribution in [0.2, 0.25) is 0 Å². The van der Waals surface area contributed by atoms with E-state index in [1.807, 2.05) is 13.8 Å². The standard InChI is InChI=1S/C22H31NO8/c1-5-11-9-15(13(7-3)12(6-2)14(11)10-23)22(8-4,16(18(24)25)19(26)27)17(20(28)29)21(30)31/h9,16-17H,5-8,10,23H2,1-4H3,(H,24,25)(H,26,27)(H,28,29)(H,30,31). The number of rotatable bonds is 12. The van der Waals surface area contributed by atoms with Gasteiger partial charge in [0.2, 0.25) is 0 Å². The summed E-state index contributed by atoms with van der Waals surface area (Å²) in [7, 11) is 0. The molecular weight excluding hydrogens is 406 g/mol. The molecular formula is C22H31NO8. The molecule has 0 spiro atoms. The highest BCUT2D eigenvalue weighted by atomic mass is 16.4. The highest BCUT2D eigenvalue weighted by Gasteiger charge is 2.59. The van der Waals surface area contributed by atoms with E-state index in [1.165, 1.54) is 6.92 Å². The molecule has 0 atom stereocenters. The summed E-state index contributed by atoms with van der Waals surface area (Å²) >= 11 is 0. The summed E-state index contributed by atoms with van der Waals surface area (Å²) in [6.07, 6.45) is 0.980. The van der Waals surface area contributed by atoms with Crippen LogP contribution in [0.5, 0.6) is 0 Å². The van der Waals surface area contributed by atoms with Crippen molar-refractivity contribution in [3.8, 4) is 0 Å². The van der Waals surface area contributed by atoms with Gasteiger partial charge in [0.15, 0.2) is 11.8 Å². The molecule has 0 saturated heterocycles. The first kappa shape index (κ1) is 26.1. The van der Waals surface area contributed by atoms with Gasteiger partial charge >= 0.3 is 23.9 Å².